The maximum Gasteiger partial charge on any atom is 0.0765 e. The van der Waals surface area contributed by atoms with Crippen LogP contribution >= 0.6 is 0 Å². The van der Waals surface area contributed by atoms with Crippen LogP contribution < -0.4 is 5.73 Å². The Labute approximate surface area is 111 Å². The van der Waals surface area contributed by atoms with E-state index in [4.69, 9.17) is 10.5 Å². The highest BCUT2D eigenvalue weighted by Crippen LogP contribution is 2.55. The average molecular weight is 255 g/mol. The molecule has 0 radical (unpaired) electrons. The van der Waals surface area contributed by atoms with E-state index in [1.807, 2.05) is 6.92 Å². The minimum absolute atomic E-state index is 0.0354. The van der Waals surface area contributed by atoms with Crippen LogP contribution in [-0.4, -0.2) is 30.0 Å². The predicted octanol–water partition coefficient (Wildman–Crippen LogP) is 2.46. The van der Waals surface area contributed by atoms with Crippen molar-refractivity contribution in [3.8, 4) is 0 Å². The summed E-state index contributed by atoms with van der Waals surface area (Å²) in [7, 11) is 0. The van der Waals surface area contributed by atoms with E-state index >= 15 is 0 Å². The zero-order valence-corrected chi connectivity index (χ0v) is 12.0. The van der Waals surface area contributed by atoms with Crippen molar-refractivity contribution in [2.45, 2.75) is 70.5 Å². The lowest BCUT2D eigenvalue weighted by atomic mass is 9.53. The zero-order chi connectivity index (χ0) is 13.2. The maximum atomic E-state index is 10.9. The minimum Gasteiger partial charge on any atom is -0.389 e. The quantitative estimate of drug-likeness (QED) is 0.793. The molecule has 0 heterocycles. The smallest absolute Gasteiger partial charge is 0.0765 e. The Hall–Kier alpha value is -0.120. The predicted molar refractivity (Wildman–Crippen MR) is 73.3 cm³/mol. The molecule has 2 rings (SSSR count). The molecular weight excluding hydrogens is 226 g/mol. The molecule has 0 spiro atoms. The molecule has 0 amide bonds. The molecule has 3 nitrogen and oxygen atoms in total. The van der Waals surface area contributed by atoms with Gasteiger partial charge in [-0.05, 0) is 38.5 Å². The number of hydrogen-bond donors (Lipinski definition) is 2. The van der Waals surface area contributed by atoms with Gasteiger partial charge in [-0.2, -0.15) is 0 Å². The molecule has 0 aromatic rings. The molecule has 0 aromatic heterocycles. The first-order valence-electron chi connectivity index (χ1n) is 7.63. The third-order valence-corrected chi connectivity index (χ3v) is 5.55. The van der Waals surface area contributed by atoms with Crippen LogP contribution in [-0.2, 0) is 4.74 Å². The van der Waals surface area contributed by atoms with Crippen LogP contribution in [0.2, 0.25) is 0 Å². The van der Waals surface area contributed by atoms with Crippen molar-refractivity contribution in [3.05, 3.63) is 0 Å². The van der Waals surface area contributed by atoms with Crippen LogP contribution in [0.4, 0.5) is 0 Å². The third-order valence-electron chi connectivity index (χ3n) is 5.55. The molecule has 0 aromatic carbocycles. The lowest BCUT2D eigenvalue weighted by Gasteiger charge is -2.57. The fourth-order valence-electron chi connectivity index (χ4n) is 3.98. The Morgan fingerprint density at radius 1 is 1.22 bits per heavy atom. The molecule has 106 valence electrons. The van der Waals surface area contributed by atoms with Crippen molar-refractivity contribution in [2.24, 2.45) is 17.1 Å². The molecule has 0 unspecified atom stereocenters. The highest BCUT2D eigenvalue weighted by Gasteiger charge is 2.57. The summed E-state index contributed by atoms with van der Waals surface area (Å²) >= 11 is 0. The van der Waals surface area contributed by atoms with Crippen molar-refractivity contribution in [3.63, 3.8) is 0 Å². The summed E-state index contributed by atoms with van der Waals surface area (Å²) in [6, 6.07) is 0. The zero-order valence-electron chi connectivity index (χ0n) is 12.0. The fraction of sp³-hybridized carbons (Fsp3) is 1.00. The van der Waals surface area contributed by atoms with Crippen LogP contribution in [0.5, 0.6) is 0 Å². The summed E-state index contributed by atoms with van der Waals surface area (Å²) in [6.07, 6.45) is 7.75. The first-order chi connectivity index (χ1) is 8.59. The van der Waals surface area contributed by atoms with Crippen molar-refractivity contribution >= 4 is 0 Å². The topological polar surface area (TPSA) is 55.5 Å². The molecule has 0 atom stereocenters. The Kier molecular flexibility index (Phi) is 4.35. The van der Waals surface area contributed by atoms with Gasteiger partial charge < -0.3 is 15.6 Å². The summed E-state index contributed by atoms with van der Waals surface area (Å²) in [6.45, 7) is 5.65. The van der Waals surface area contributed by atoms with Gasteiger partial charge in [0.15, 0.2) is 0 Å². The summed E-state index contributed by atoms with van der Waals surface area (Å²) < 4.78 is 5.60. The van der Waals surface area contributed by atoms with Gasteiger partial charge in [0.1, 0.15) is 0 Å². The molecule has 0 aliphatic heterocycles. The van der Waals surface area contributed by atoms with Crippen LogP contribution in [0.25, 0.3) is 0 Å². The number of hydrogen-bond acceptors (Lipinski definition) is 3. The second kappa shape index (κ2) is 5.48. The van der Waals surface area contributed by atoms with Gasteiger partial charge in [0.05, 0.1) is 11.7 Å². The second-order valence-electron chi connectivity index (χ2n) is 6.35. The lowest BCUT2D eigenvalue weighted by molar-refractivity contribution is -0.210. The summed E-state index contributed by atoms with van der Waals surface area (Å²) in [5.41, 5.74) is 5.45. The number of aliphatic hydroxyl groups is 1. The SMILES string of the molecule is CCOC1CC(O)(C2(CN)CCC(CC)CC2)C1. The summed E-state index contributed by atoms with van der Waals surface area (Å²) in [5, 5.41) is 10.9. The second-order valence-corrected chi connectivity index (χ2v) is 6.35. The Bertz CT molecular complexity index is 266. The Morgan fingerprint density at radius 2 is 1.83 bits per heavy atom. The van der Waals surface area contributed by atoms with E-state index in [9.17, 15) is 5.11 Å². The van der Waals surface area contributed by atoms with E-state index in [2.05, 4.69) is 6.92 Å². The Morgan fingerprint density at radius 3 is 2.28 bits per heavy atom. The average Bonchev–Trinajstić information content (AvgIpc) is 2.37. The van der Waals surface area contributed by atoms with E-state index in [1.165, 1.54) is 19.3 Å². The van der Waals surface area contributed by atoms with E-state index in [-0.39, 0.29) is 11.5 Å². The summed E-state index contributed by atoms with van der Waals surface area (Å²) in [4.78, 5) is 0. The minimum atomic E-state index is -0.555. The van der Waals surface area contributed by atoms with E-state index in [1.54, 1.807) is 0 Å². The van der Waals surface area contributed by atoms with E-state index in [0.717, 1.165) is 38.2 Å². The summed E-state index contributed by atoms with van der Waals surface area (Å²) in [5.74, 6) is 0.844. The fourth-order valence-corrected chi connectivity index (χ4v) is 3.98. The molecule has 3 N–H and O–H groups in total. The normalized spacial score (nSPS) is 44.7. The standard InChI is InChI=1S/C15H29NO2/c1-3-12-5-7-14(11-16,8-6-12)15(17)9-13(10-15)18-4-2/h12-13,17H,3-11,16H2,1-2H3. The lowest BCUT2D eigenvalue weighted by Crippen LogP contribution is -2.63. The monoisotopic (exact) mass is 255 g/mol. The third kappa shape index (κ3) is 2.33. The Balaban J connectivity index is 1.97. The van der Waals surface area contributed by atoms with Crippen molar-refractivity contribution in [1.82, 2.24) is 0 Å². The van der Waals surface area contributed by atoms with Gasteiger partial charge in [-0.3, -0.25) is 0 Å². The first-order valence-corrected chi connectivity index (χ1v) is 7.63. The number of nitrogens with two attached hydrogens (primary N) is 1. The van der Waals surface area contributed by atoms with Gasteiger partial charge in [-0.25, -0.2) is 0 Å². The van der Waals surface area contributed by atoms with Crippen LogP contribution in [0.15, 0.2) is 0 Å². The van der Waals surface area contributed by atoms with Gasteiger partial charge in [-0.15, -0.1) is 0 Å². The molecule has 2 aliphatic carbocycles. The first kappa shape index (κ1) is 14.3. The van der Waals surface area contributed by atoms with Gasteiger partial charge in [0.25, 0.3) is 0 Å². The van der Waals surface area contributed by atoms with Gasteiger partial charge in [0.2, 0.25) is 0 Å². The van der Waals surface area contributed by atoms with Gasteiger partial charge in [0, 0.05) is 31.4 Å². The highest BCUT2D eigenvalue weighted by molar-refractivity contribution is 5.09. The molecular formula is C15H29NO2. The van der Waals surface area contributed by atoms with E-state index < -0.39 is 5.60 Å². The van der Waals surface area contributed by atoms with Crippen LogP contribution in [0, 0.1) is 11.3 Å². The number of ether oxygens (including phenoxy) is 1. The molecule has 2 aliphatic rings. The maximum absolute atomic E-state index is 10.9. The molecule has 0 bridgehead atoms. The highest BCUT2D eigenvalue weighted by atomic mass is 16.5. The molecule has 0 saturated heterocycles. The molecule has 2 saturated carbocycles. The van der Waals surface area contributed by atoms with Gasteiger partial charge in [-0.1, -0.05) is 13.3 Å². The van der Waals surface area contributed by atoms with Crippen LogP contribution in [0.1, 0.15) is 58.8 Å². The molecule has 2 fully saturated rings. The van der Waals surface area contributed by atoms with E-state index in [0.29, 0.717) is 6.54 Å². The molecule has 3 heteroatoms. The molecule has 18 heavy (non-hydrogen) atoms. The van der Waals surface area contributed by atoms with Crippen molar-refractivity contribution in [2.75, 3.05) is 13.2 Å². The van der Waals surface area contributed by atoms with Crippen molar-refractivity contribution in [1.29, 1.82) is 0 Å². The van der Waals surface area contributed by atoms with Gasteiger partial charge >= 0.3 is 0 Å². The largest absolute Gasteiger partial charge is 0.389 e. The van der Waals surface area contributed by atoms with Crippen LogP contribution in [0.3, 0.4) is 0 Å². The number of rotatable bonds is 5. The van der Waals surface area contributed by atoms with Crippen molar-refractivity contribution < 1.29 is 9.84 Å².